The van der Waals surface area contributed by atoms with Crippen LogP contribution in [0.1, 0.15) is 30.4 Å². The Morgan fingerprint density at radius 1 is 1.18 bits per heavy atom. The van der Waals surface area contributed by atoms with Gasteiger partial charge in [0.2, 0.25) is 0 Å². The van der Waals surface area contributed by atoms with E-state index in [1.807, 2.05) is 6.07 Å². The van der Waals surface area contributed by atoms with Crippen molar-refractivity contribution in [2.24, 2.45) is 0 Å². The van der Waals surface area contributed by atoms with Gasteiger partial charge in [-0.15, -0.1) is 0 Å². The molecule has 6 nitrogen and oxygen atoms in total. The molecule has 0 amide bonds. The number of aryl methyl sites for hydroxylation is 1. The van der Waals surface area contributed by atoms with Crippen molar-refractivity contribution in [2.45, 2.75) is 44.4 Å². The van der Waals surface area contributed by atoms with Crippen molar-refractivity contribution in [1.82, 2.24) is 4.90 Å². The second-order valence-corrected chi connectivity index (χ2v) is 10.6. The highest BCUT2D eigenvalue weighted by atomic mass is 127. The van der Waals surface area contributed by atoms with Crippen molar-refractivity contribution in [3.05, 3.63) is 56.1 Å². The fourth-order valence-corrected chi connectivity index (χ4v) is 5.50. The zero-order valence-electron chi connectivity index (χ0n) is 19.8. The molecule has 2 heterocycles. The van der Waals surface area contributed by atoms with E-state index < -0.39 is 0 Å². The first-order chi connectivity index (χ1) is 16.5. The Balaban J connectivity index is 1.57. The summed E-state index contributed by atoms with van der Waals surface area (Å²) in [6.45, 7) is 3.47. The van der Waals surface area contributed by atoms with Gasteiger partial charge in [-0.1, -0.05) is 17.7 Å². The van der Waals surface area contributed by atoms with Gasteiger partial charge in [-0.3, -0.25) is 9.69 Å². The maximum Gasteiger partial charge on any atom is 0.325 e. The predicted octanol–water partition coefficient (Wildman–Crippen LogP) is 4.93. The SMILES string of the molecule is COCC(C(=O)OC)N1CC[C@H]1CN1CCCCc2cc(Cl)ccc2COc2ccc(I)cc21. The van der Waals surface area contributed by atoms with Crippen LogP contribution in [-0.2, 0) is 27.3 Å². The number of methoxy groups -OCH3 is 2. The number of ether oxygens (including phenoxy) is 3. The van der Waals surface area contributed by atoms with Crippen LogP contribution in [0.2, 0.25) is 5.02 Å². The van der Waals surface area contributed by atoms with E-state index in [0.717, 1.165) is 61.8 Å². The summed E-state index contributed by atoms with van der Waals surface area (Å²) in [5, 5.41) is 0.770. The molecule has 0 N–H and O–H groups in total. The quantitative estimate of drug-likeness (QED) is 0.347. The number of hydrogen-bond acceptors (Lipinski definition) is 6. The lowest BCUT2D eigenvalue weighted by Gasteiger charge is -2.47. The van der Waals surface area contributed by atoms with Crippen molar-refractivity contribution in [1.29, 1.82) is 0 Å². The number of carbonyl (C=O) groups is 1. The summed E-state index contributed by atoms with van der Waals surface area (Å²) in [5.74, 6) is 0.647. The van der Waals surface area contributed by atoms with Gasteiger partial charge in [0.1, 0.15) is 18.4 Å². The van der Waals surface area contributed by atoms with Crippen LogP contribution in [0.5, 0.6) is 5.75 Å². The van der Waals surface area contributed by atoms with Crippen molar-refractivity contribution >= 4 is 45.8 Å². The van der Waals surface area contributed by atoms with Crippen molar-refractivity contribution in [3.8, 4) is 5.75 Å². The molecule has 2 aromatic carbocycles. The molecule has 4 rings (SSSR count). The van der Waals surface area contributed by atoms with Crippen LogP contribution in [0, 0.1) is 3.57 Å². The summed E-state index contributed by atoms with van der Waals surface area (Å²) in [7, 11) is 3.06. The average molecular weight is 599 g/mol. The minimum atomic E-state index is -0.372. The third kappa shape index (κ3) is 5.98. The molecule has 1 unspecified atom stereocenters. The monoisotopic (exact) mass is 598 g/mol. The highest BCUT2D eigenvalue weighted by Gasteiger charge is 2.39. The number of anilines is 1. The van der Waals surface area contributed by atoms with Crippen molar-refractivity contribution in [3.63, 3.8) is 0 Å². The largest absolute Gasteiger partial charge is 0.487 e. The highest BCUT2D eigenvalue weighted by Crippen LogP contribution is 2.34. The van der Waals surface area contributed by atoms with Gasteiger partial charge in [-0.25, -0.2) is 0 Å². The average Bonchev–Trinajstić information content (AvgIpc) is 2.84. The molecule has 2 aliphatic rings. The molecule has 34 heavy (non-hydrogen) atoms. The van der Waals surface area contributed by atoms with Crippen LogP contribution in [0.25, 0.3) is 0 Å². The van der Waals surface area contributed by atoms with Crippen LogP contribution in [0.3, 0.4) is 0 Å². The molecule has 184 valence electrons. The molecule has 8 heteroatoms. The molecule has 0 spiro atoms. The number of fused-ring (bicyclic) bond motifs is 2. The van der Waals surface area contributed by atoms with E-state index in [4.69, 9.17) is 25.8 Å². The van der Waals surface area contributed by atoms with Crippen LogP contribution < -0.4 is 9.64 Å². The number of hydrogen-bond donors (Lipinski definition) is 0. The van der Waals surface area contributed by atoms with E-state index in [2.05, 4.69) is 62.7 Å². The predicted molar refractivity (Wildman–Crippen MR) is 143 cm³/mol. The number of rotatable bonds is 6. The zero-order valence-corrected chi connectivity index (χ0v) is 22.7. The minimum Gasteiger partial charge on any atom is -0.487 e. The number of carbonyl (C=O) groups excluding carboxylic acids is 1. The summed E-state index contributed by atoms with van der Waals surface area (Å²) in [6.07, 6.45) is 4.15. The molecule has 2 aliphatic heterocycles. The summed E-state index contributed by atoms with van der Waals surface area (Å²) < 4.78 is 17.9. The second-order valence-electron chi connectivity index (χ2n) is 8.89. The summed E-state index contributed by atoms with van der Waals surface area (Å²) in [4.78, 5) is 17.0. The normalized spacial score (nSPS) is 19.6. The third-order valence-corrected chi connectivity index (χ3v) is 7.66. The highest BCUT2D eigenvalue weighted by molar-refractivity contribution is 14.1. The molecule has 0 saturated carbocycles. The van der Waals surface area contributed by atoms with E-state index in [1.54, 1.807) is 7.11 Å². The molecule has 2 atom stereocenters. The van der Waals surface area contributed by atoms with E-state index >= 15 is 0 Å². The molecular weight excluding hydrogens is 567 g/mol. The number of likely N-dealkylation sites (tertiary alicyclic amines) is 1. The van der Waals surface area contributed by atoms with Gasteiger partial charge in [0.15, 0.2) is 0 Å². The first kappa shape index (κ1) is 25.5. The van der Waals surface area contributed by atoms with E-state index in [-0.39, 0.29) is 18.1 Å². The lowest BCUT2D eigenvalue weighted by Crippen LogP contribution is -2.61. The Morgan fingerprint density at radius 3 is 2.76 bits per heavy atom. The molecule has 1 saturated heterocycles. The van der Waals surface area contributed by atoms with Crippen LogP contribution in [-0.4, -0.2) is 63.4 Å². The molecule has 0 aliphatic carbocycles. The Labute approximate surface area is 220 Å². The van der Waals surface area contributed by atoms with Gasteiger partial charge in [-0.05, 0) is 89.7 Å². The maximum absolute atomic E-state index is 12.4. The van der Waals surface area contributed by atoms with Gasteiger partial charge in [-0.2, -0.15) is 0 Å². The van der Waals surface area contributed by atoms with Gasteiger partial charge < -0.3 is 19.1 Å². The number of halogens is 2. The Hall–Kier alpha value is -1.55. The van der Waals surface area contributed by atoms with Crippen LogP contribution >= 0.6 is 34.2 Å². The molecule has 2 aromatic rings. The standard InChI is InChI=1S/C26H32ClIN2O4/c1-32-17-24(26(31)33-2)30-12-10-22(30)15-29-11-4-3-5-18-13-20(27)7-6-19(18)16-34-25-9-8-21(28)14-23(25)29/h6-9,13-14,22,24H,3-5,10-12,15-17H2,1-2H3/t22-,24?/m0/s1. The number of esters is 1. The smallest absolute Gasteiger partial charge is 0.325 e. The van der Waals surface area contributed by atoms with Gasteiger partial charge in [0.25, 0.3) is 0 Å². The Morgan fingerprint density at radius 2 is 2.03 bits per heavy atom. The van der Waals surface area contributed by atoms with Crippen LogP contribution in [0.15, 0.2) is 36.4 Å². The Bertz CT molecular complexity index is 1000. The summed E-state index contributed by atoms with van der Waals surface area (Å²) >= 11 is 8.63. The lowest BCUT2D eigenvalue weighted by atomic mass is 9.98. The summed E-state index contributed by atoms with van der Waals surface area (Å²) in [6, 6.07) is 12.3. The minimum absolute atomic E-state index is 0.237. The van der Waals surface area contributed by atoms with Crippen molar-refractivity contribution < 1.29 is 19.0 Å². The molecule has 0 radical (unpaired) electrons. The first-order valence-corrected chi connectivity index (χ1v) is 13.2. The molecular formula is C26H32ClIN2O4. The van der Waals surface area contributed by atoms with E-state index in [0.29, 0.717) is 13.2 Å². The lowest BCUT2D eigenvalue weighted by molar-refractivity contribution is -0.153. The van der Waals surface area contributed by atoms with Gasteiger partial charge in [0.05, 0.1) is 19.4 Å². The third-order valence-electron chi connectivity index (χ3n) is 6.76. The fourth-order valence-electron chi connectivity index (χ4n) is 4.83. The first-order valence-electron chi connectivity index (χ1n) is 11.8. The second kappa shape index (κ2) is 11.9. The molecule has 0 bridgehead atoms. The van der Waals surface area contributed by atoms with Crippen molar-refractivity contribution in [2.75, 3.05) is 45.4 Å². The van der Waals surface area contributed by atoms with E-state index in [1.165, 1.54) is 21.8 Å². The van der Waals surface area contributed by atoms with E-state index in [9.17, 15) is 4.79 Å². The molecule has 1 fully saturated rings. The number of benzene rings is 2. The van der Waals surface area contributed by atoms with Gasteiger partial charge in [0, 0.05) is 41.4 Å². The zero-order chi connectivity index (χ0) is 24.1. The fraction of sp³-hybridized carbons (Fsp3) is 0.500. The topological polar surface area (TPSA) is 51.2 Å². The maximum atomic E-state index is 12.4. The summed E-state index contributed by atoms with van der Waals surface area (Å²) in [5.41, 5.74) is 3.56. The van der Waals surface area contributed by atoms with Gasteiger partial charge >= 0.3 is 5.97 Å². The number of nitrogens with zero attached hydrogens (tertiary/aromatic N) is 2. The molecule has 0 aromatic heterocycles. The van der Waals surface area contributed by atoms with Crippen LogP contribution in [0.4, 0.5) is 5.69 Å². The Kier molecular flexibility index (Phi) is 8.96.